The number of carbonyl (C=O) groups excluding carboxylic acids is 1. The standard InChI is InChI=1S/C20H26N4OS/c1-13(25)21-7-15-5-4-14(6-18(15)16-9-23(2)10-16)19-8-22-20(26-19)17-11-24(3)12-17/h4-6,8,16-17H,7,9-12H2,1-3H3,(H,21,25). The number of aromatic nitrogens is 1. The molecule has 1 amide bonds. The molecule has 1 aromatic heterocycles. The molecule has 138 valence electrons. The highest BCUT2D eigenvalue weighted by atomic mass is 32.1. The van der Waals surface area contributed by atoms with E-state index in [0.717, 1.165) is 26.2 Å². The third-order valence-electron chi connectivity index (χ3n) is 5.40. The van der Waals surface area contributed by atoms with Crippen LogP contribution in [0.25, 0.3) is 10.4 Å². The predicted octanol–water partition coefficient (Wildman–Crippen LogP) is 2.50. The van der Waals surface area contributed by atoms with E-state index in [9.17, 15) is 4.79 Å². The minimum atomic E-state index is 0.0170. The Morgan fingerprint density at radius 3 is 2.54 bits per heavy atom. The molecule has 2 saturated heterocycles. The van der Waals surface area contributed by atoms with E-state index in [1.165, 1.54) is 26.6 Å². The van der Waals surface area contributed by atoms with Crippen molar-refractivity contribution < 1.29 is 4.79 Å². The van der Waals surface area contributed by atoms with E-state index in [-0.39, 0.29) is 5.91 Å². The Bertz CT molecular complexity index is 806. The molecule has 2 aliphatic heterocycles. The van der Waals surface area contributed by atoms with Crippen molar-refractivity contribution in [3.05, 3.63) is 40.5 Å². The first-order valence-electron chi connectivity index (χ1n) is 9.20. The van der Waals surface area contributed by atoms with Gasteiger partial charge >= 0.3 is 0 Å². The number of likely N-dealkylation sites (N-methyl/N-ethyl adjacent to an activating group) is 2. The highest BCUT2D eigenvalue weighted by molar-refractivity contribution is 7.15. The van der Waals surface area contributed by atoms with Gasteiger partial charge in [-0.15, -0.1) is 11.3 Å². The first kappa shape index (κ1) is 17.6. The van der Waals surface area contributed by atoms with Crippen LogP contribution in [0, 0.1) is 0 Å². The Labute approximate surface area is 159 Å². The lowest BCUT2D eigenvalue weighted by Crippen LogP contribution is -2.42. The van der Waals surface area contributed by atoms with Crippen LogP contribution < -0.4 is 5.32 Å². The highest BCUT2D eigenvalue weighted by Crippen LogP contribution is 2.36. The summed E-state index contributed by atoms with van der Waals surface area (Å²) in [5.74, 6) is 1.16. The number of nitrogens with one attached hydrogen (secondary N) is 1. The molecule has 0 radical (unpaired) electrons. The summed E-state index contributed by atoms with van der Waals surface area (Å²) in [6.07, 6.45) is 2.03. The van der Waals surface area contributed by atoms with Crippen molar-refractivity contribution in [1.82, 2.24) is 20.1 Å². The molecule has 1 N–H and O–H groups in total. The minimum absolute atomic E-state index is 0.0170. The zero-order valence-electron chi connectivity index (χ0n) is 15.7. The van der Waals surface area contributed by atoms with Crippen LogP contribution in [0.15, 0.2) is 24.4 Å². The summed E-state index contributed by atoms with van der Waals surface area (Å²) in [4.78, 5) is 21.9. The largest absolute Gasteiger partial charge is 0.352 e. The predicted molar refractivity (Wildman–Crippen MR) is 106 cm³/mol. The number of likely N-dealkylation sites (tertiary alicyclic amines) is 2. The average molecular weight is 371 g/mol. The second-order valence-electron chi connectivity index (χ2n) is 7.72. The van der Waals surface area contributed by atoms with Crippen molar-refractivity contribution in [2.75, 3.05) is 40.3 Å². The van der Waals surface area contributed by atoms with Crippen LogP contribution in [-0.4, -0.2) is 61.0 Å². The number of thiazole rings is 1. The van der Waals surface area contributed by atoms with Crippen LogP contribution in [0.1, 0.15) is 34.9 Å². The number of hydrogen-bond donors (Lipinski definition) is 1. The van der Waals surface area contributed by atoms with Crippen molar-refractivity contribution >= 4 is 17.2 Å². The maximum absolute atomic E-state index is 11.3. The second kappa shape index (κ2) is 7.10. The van der Waals surface area contributed by atoms with Crippen LogP contribution in [0.5, 0.6) is 0 Å². The van der Waals surface area contributed by atoms with Gasteiger partial charge in [0, 0.05) is 57.7 Å². The van der Waals surface area contributed by atoms with E-state index in [1.807, 2.05) is 17.5 Å². The van der Waals surface area contributed by atoms with Gasteiger partial charge in [-0.1, -0.05) is 12.1 Å². The Morgan fingerprint density at radius 1 is 1.19 bits per heavy atom. The molecular weight excluding hydrogens is 344 g/mol. The monoisotopic (exact) mass is 370 g/mol. The van der Waals surface area contributed by atoms with Crippen LogP contribution in [0.2, 0.25) is 0 Å². The minimum Gasteiger partial charge on any atom is -0.352 e. The van der Waals surface area contributed by atoms with Crippen LogP contribution >= 0.6 is 11.3 Å². The molecule has 2 fully saturated rings. The molecule has 26 heavy (non-hydrogen) atoms. The fraction of sp³-hybridized carbons (Fsp3) is 0.500. The number of hydrogen-bond acceptors (Lipinski definition) is 5. The van der Waals surface area contributed by atoms with Crippen molar-refractivity contribution in [3.8, 4) is 10.4 Å². The van der Waals surface area contributed by atoms with E-state index in [1.54, 1.807) is 6.92 Å². The summed E-state index contributed by atoms with van der Waals surface area (Å²) in [6, 6.07) is 6.67. The van der Waals surface area contributed by atoms with Gasteiger partial charge in [0.1, 0.15) is 0 Å². The lowest BCUT2D eigenvalue weighted by Gasteiger charge is -2.37. The number of benzene rings is 1. The fourth-order valence-electron chi connectivity index (χ4n) is 3.87. The normalized spacial score (nSPS) is 19.2. The van der Waals surface area contributed by atoms with E-state index in [4.69, 9.17) is 0 Å². The Balaban J connectivity index is 1.58. The molecule has 2 aromatic rings. The van der Waals surface area contributed by atoms with Crippen LogP contribution in [-0.2, 0) is 11.3 Å². The van der Waals surface area contributed by atoms with Gasteiger partial charge in [-0.3, -0.25) is 4.79 Å². The molecule has 6 heteroatoms. The zero-order valence-corrected chi connectivity index (χ0v) is 16.5. The van der Waals surface area contributed by atoms with Gasteiger partial charge < -0.3 is 15.1 Å². The van der Waals surface area contributed by atoms with Gasteiger partial charge in [-0.05, 0) is 36.9 Å². The fourth-order valence-corrected chi connectivity index (χ4v) is 4.87. The second-order valence-corrected chi connectivity index (χ2v) is 8.78. The van der Waals surface area contributed by atoms with Gasteiger partial charge in [0.2, 0.25) is 5.91 Å². The summed E-state index contributed by atoms with van der Waals surface area (Å²) < 4.78 is 0. The Morgan fingerprint density at radius 2 is 1.88 bits per heavy atom. The molecule has 0 unspecified atom stereocenters. The molecule has 2 aliphatic rings. The molecule has 1 aromatic carbocycles. The molecule has 5 nitrogen and oxygen atoms in total. The first-order valence-corrected chi connectivity index (χ1v) is 10.0. The van der Waals surface area contributed by atoms with Crippen molar-refractivity contribution in [2.24, 2.45) is 0 Å². The van der Waals surface area contributed by atoms with Gasteiger partial charge in [-0.2, -0.15) is 0 Å². The molecule has 0 aliphatic carbocycles. The maximum Gasteiger partial charge on any atom is 0.217 e. The Kier molecular flexibility index (Phi) is 4.82. The topological polar surface area (TPSA) is 48.5 Å². The van der Waals surface area contributed by atoms with Crippen LogP contribution in [0.3, 0.4) is 0 Å². The lowest BCUT2D eigenvalue weighted by atomic mass is 9.87. The third kappa shape index (κ3) is 3.54. The molecule has 0 spiro atoms. The van der Waals surface area contributed by atoms with Gasteiger partial charge in [0.25, 0.3) is 0 Å². The Hall–Kier alpha value is -1.76. The quantitative estimate of drug-likeness (QED) is 0.879. The molecule has 0 atom stereocenters. The van der Waals surface area contributed by atoms with E-state index in [0.29, 0.717) is 18.4 Å². The van der Waals surface area contributed by atoms with E-state index in [2.05, 4.69) is 52.4 Å². The zero-order chi connectivity index (χ0) is 18.3. The summed E-state index contributed by atoms with van der Waals surface area (Å²) in [5.41, 5.74) is 3.85. The molecule has 0 bridgehead atoms. The summed E-state index contributed by atoms with van der Waals surface area (Å²) in [6.45, 7) is 6.57. The SMILES string of the molecule is CC(=O)NCc1ccc(-c2cnc(C3CN(C)C3)s2)cc1C1CN(C)C1. The van der Waals surface area contributed by atoms with E-state index < -0.39 is 0 Å². The van der Waals surface area contributed by atoms with Crippen molar-refractivity contribution in [1.29, 1.82) is 0 Å². The number of amides is 1. The molecule has 3 heterocycles. The summed E-state index contributed by atoms with van der Waals surface area (Å²) >= 11 is 1.82. The number of nitrogens with zero attached hydrogens (tertiary/aromatic N) is 3. The highest BCUT2D eigenvalue weighted by Gasteiger charge is 2.29. The average Bonchev–Trinajstić information content (AvgIpc) is 3.03. The molecule has 0 saturated carbocycles. The number of rotatable bonds is 5. The van der Waals surface area contributed by atoms with E-state index >= 15 is 0 Å². The first-order chi connectivity index (χ1) is 12.5. The summed E-state index contributed by atoms with van der Waals surface area (Å²) in [7, 11) is 4.31. The van der Waals surface area contributed by atoms with Gasteiger partial charge in [0.15, 0.2) is 0 Å². The third-order valence-corrected chi connectivity index (χ3v) is 6.61. The number of carbonyl (C=O) groups is 1. The van der Waals surface area contributed by atoms with Crippen molar-refractivity contribution in [3.63, 3.8) is 0 Å². The smallest absolute Gasteiger partial charge is 0.217 e. The van der Waals surface area contributed by atoms with Gasteiger partial charge in [-0.25, -0.2) is 4.98 Å². The molecule has 4 rings (SSSR count). The summed E-state index contributed by atoms with van der Waals surface area (Å²) in [5, 5.41) is 4.20. The lowest BCUT2D eigenvalue weighted by molar-refractivity contribution is -0.119. The molecular formula is C20H26N4OS. The van der Waals surface area contributed by atoms with Crippen LogP contribution in [0.4, 0.5) is 0 Å². The maximum atomic E-state index is 11.3. The van der Waals surface area contributed by atoms with Gasteiger partial charge in [0.05, 0.1) is 9.88 Å². The van der Waals surface area contributed by atoms with Crippen molar-refractivity contribution in [2.45, 2.75) is 25.3 Å².